The van der Waals surface area contributed by atoms with Crippen LogP contribution in [0.25, 0.3) is 0 Å². The van der Waals surface area contributed by atoms with Gasteiger partial charge in [-0.2, -0.15) is 0 Å². The maximum atomic E-state index is 8.66. The molecule has 2 N–H and O–H groups in total. The van der Waals surface area contributed by atoms with Gasteiger partial charge in [-0.05, 0) is 43.1 Å². The summed E-state index contributed by atoms with van der Waals surface area (Å²) in [5, 5.41) is 12.1. The molecule has 0 amide bonds. The van der Waals surface area contributed by atoms with Gasteiger partial charge in [-0.15, -0.1) is 0 Å². The maximum absolute atomic E-state index is 8.66. The summed E-state index contributed by atoms with van der Waals surface area (Å²) in [6.07, 6.45) is 4.36. The molecule has 0 aliphatic rings. The number of hydrogen-bond donors (Lipinski definition) is 2. The molecule has 0 heterocycles. The van der Waals surface area contributed by atoms with Gasteiger partial charge in [0.15, 0.2) is 0 Å². The molecule has 4 heteroatoms. The Balaban J connectivity index is 2.22. The first-order valence-electron chi connectivity index (χ1n) is 6.42. The molecule has 3 nitrogen and oxygen atoms in total. The summed E-state index contributed by atoms with van der Waals surface area (Å²) < 4.78 is 6.32. The van der Waals surface area contributed by atoms with E-state index in [0.717, 1.165) is 42.6 Å². The van der Waals surface area contributed by atoms with Crippen molar-refractivity contribution in [2.45, 2.75) is 32.2 Å². The molecule has 1 aromatic rings. The van der Waals surface area contributed by atoms with Gasteiger partial charge in [0.05, 0.1) is 7.11 Å². The molecule has 1 aromatic carbocycles. The highest BCUT2D eigenvalue weighted by Crippen LogP contribution is 2.22. The van der Waals surface area contributed by atoms with Crippen LogP contribution in [-0.4, -0.2) is 25.4 Å². The molecule has 0 unspecified atom stereocenters. The van der Waals surface area contributed by atoms with Crippen LogP contribution in [0, 0.1) is 0 Å². The van der Waals surface area contributed by atoms with E-state index in [0.29, 0.717) is 6.61 Å². The predicted octanol–water partition coefficient (Wildman–Crippen LogP) is 3.10. The predicted molar refractivity (Wildman–Crippen MR) is 78.0 cm³/mol. The second kappa shape index (κ2) is 9.36. The smallest absolute Gasteiger partial charge is 0.119 e. The number of nitrogens with one attached hydrogen (secondary N) is 1. The van der Waals surface area contributed by atoms with E-state index in [1.165, 1.54) is 12.0 Å². The van der Waals surface area contributed by atoms with Gasteiger partial charge in [0.2, 0.25) is 0 Å². The Morgan fingerprint density at radius 3 is 2.72 bits per heavy atom. The van der Waals surface area contributed by atoms with E-state index >= 15 is 0 Å². The number of unbranched alkanes of at least 4 members (excludes halogenated alkanes) is 3. The Morgan fingerprint density at radius 2 is 2.00 bits per heavy atom. The molecule has 102 valence electrons. The number of halogens is 1. The molecule has 0 saturated heterocycles. The minimum absolute atomic E-state index is 0.310. The lowest BCUT2D eigenvalue weighted by atomic mass is 10.2. The van der Waals surface area contributed by atoms with Crippen LogP contribution in [-0.2, 0) is 6.54 Å². The molecule has 0 aliphatic heterocycles. The number of methoxy groups -OCH3 is 1. The molecule has 18 heavy (non-hydrogen) atoms. The average molecular weight is 316 g/mol. The second-order valence-corrected chi connectivity index (χ2v) is 5.13. The number of benzene rings is 1. The third-order valence-corrected chi connectivity index (χ3v) is 3.60. The minimum Gasteiger partial charge on any atom is -0.497 e. The zero-order valence-corrected chi connectivity index (χ0v) is 12.5. The largest absolute Gasteiger partial charge is 0.497 e. The molecule has 0 aliphatic carbocycles. The van der Waals surface area contributed by atoms with Crippen LogP contribution in [0.5, 0.6) is 5.75 Å². The maximum Gasteiger partial charge on any atom is 0.119 e. The Labute approximate surface area is 118 Å². The molecule has 0 aromatic heterocycles. The normalized spacial score (nSPS) is 10.6. The quantitative estimate of drug-likeness (QED) is 0.688. The van der Waals surface area contributed by atoms with Crippen LogP contribution < -0.4 is 10.1 Å². The summed E-state index contributed by atoms with van der Waals surface area (Å²) in [6.45, 7) is 2.16. The van der Waals surface area contributed by atoms with Crippen molar-refractivity contribution in [2.75, 3.05) is 20.3 Å². The Hall–Kier alpha value is -0.580. The van der Waals surface area contributed by atoms with E-state index in [4.69, 9.17) is 9.84 Å². The zero-order chi connectivity index (χ0) is 13.2. The third kappa shape index (κ3) is 5.85. The van der Waals surface area contributed by atoms with Crippen molar-refractivity contribution in [2.24, 2.45) is 0 Å². The van der Waals surface area contributed by atoms with Gasteiger partial charge in [-0.3, -0.25) is 0 Å². The molecule has 0 saturated carbocycles. The fourth-order valence-corrected chi connectivity index (χ4v) is 2.14. The number of aliphatic hydroxyl groups is 1. The molecule has 1 rings (SSSR count). The summed E-state index contributed by atoms with van der Waals surface area (Å²) in [6, 6.07) is 6.00. The molecule has 0 fully saturated rings. The summed E-state index contributed by atoms with van der Waals surface area (Å²) in [5.74, 6) is 0.887. The van der Waals surface area contributed by atoms with Gasteiger partial charge in [0.25, 0.3) is 0 Å². The van der Waals surface area contributed by atoms with Crippen LogP contribution in [0.2, 0.25) is 0 Å². The Bertz CT molecular complexity index is 345. The van der Waals surface area contributed by atoms with Gasteiger partial charge < -0.3 is 15.2 Å². The summed E-state index contributed by atoms with van der Waals surface area (Å²) >= 11 is 3.54. The van der Waals surface area contributed by atoms with E-state index in [-0.39, 0.29) is 0 Å². The van der Waals surface area contributed by atoms with Gasteiger partial charge in [0, 0.05) is 17.6 Å². The highest BCUT2D eigenvalue weighted by Gasteiger charge is 2.01. The van der Waals surface area contributed by atoms with E-state index in [1.807, 2.05) is 18.2 Å². The third-order valence-electron chi connectivity index (χ3n) is 2.83. The minimum atomic E-state index is 0.310. The van der Waals surface area contributed by atoms with Crippen molar-refractivity contribution in [3.05, 3.63) is 28.2 Å². The molecule has 0 spiro atoms. The molecular formula is C14H22BrNO2. The van der Waals surface area contributed by atoms with Crippen LogP contribution in [0.4, 0.5) is 0 Å². The highest BCUT2D eigenvalue weighted by atomic mass is 79.9. The molecular weight excluding hydrogens is 294 g/mol. The van der Waals surface area contributed by atoms with Gasteiger partial charge >= 0.3 is 0 Å². The monoisotopic (exact) mass is 315 g/mol. The summed E-state index contributed by atoms with van der Waals surface area (Å²) in [7, 11) is 1.68. The molecule has 0 radical (unpaired) electrons. The van der Waals surface area contributed by atoms with Crippen molar-refractivity contribution < 1.29 is 9.84 Å². The second-order valence-electron chi connectivity index (χ2n) is 4.27. The van der Waals surface area contributed by atoms with Crippen molar-refractivity contribution in [3.63, 3.8) is 0 Å². The number of aliphatic hydroxyl groups excluding tert-OH is 1. The standard InChI is InChI=1S/C14H22BrNO2/c1-18-13-6-7-14(15)12(10-13)11-16-8-4-2-3-5-9-17/h6-7,10,16-17H,2-5,8-9,11H2,1H3. The van der Waals surface area contributed by atoms with E-state index in [2.05, 4.69) is 21.2 Å². The van der Waals surface area contributed by atoms with E-state index in [1.54, 1.807) is 7.11 Å². The zero-order valence-electron chi connectivity index (χ0n) is 10.9. The molecule has 0 atom stereocenters. The summed E-state index contributed by atoms with van der Waals surface area (Å²) in [5.41, 5.74) is 1.21. The SMILES string of the molecule is COc1ccc(Br)c(CNCCCCCCO)c1. The van der Waals surface area contributed by atoms with Crippen molar-refractivity contribution >= 4 is 15.9 Å². The van der Waals surface area contributed by atoms with Crippen molar-refractivity contribution in [3.8, 4) is 5.75 Å². The van der Waals surface area contributed by atoms with E-state index in [9.17, 15) is 0 Å². The van der Waals surface area contributed by atoms with E-state index < -0.39 is 0 Å². The fourth-order valence-electron chi connectivity index (χ4n) is 1.75. The Kier molecular flexibility index (Phi) is 8.05. The average Bonchev–Trinajstić information content (AvgIpc) is 2.39. The topological polar surface area (TPSA) is 41.5 Å². The lowest BCUT2D eigenvalue weighted by molar-refractivity contribution is 0.282. The first-order valence-corrected chi connectivity index (χ1v) is 7.21. The number of hydrogen-bond acceptors (Lipinski definition) is 3. The number of rotatable bonds is 9. The van der Waals surface area contributed by atoms with Crippen LogP contribution in [0.15, 0.2) is 22.7 Å². The van der Waals surface area contributed by atoms with Crippen LogP contribution >= 0.6 is 15.9 Å². The van der Waals surface area contributed by atoms with Gasteiger partial charge in [-0.25, -0.2) is 0 Å². The summed E-state index contributed by atoms with van der Waals surface area (Å²) in [4.78, 5) is 0. The lowest BCUT2D eigenvalue weighted by Gasteiger charge is -2.08. The van der Waals surface area contributed by atoms with Crippen LogP contribution in [0.3, 0.4) is 0 Å². The van der Waals surface area contributed by atoms with Crippen molar-refractivity contribution in [1.29, 1.82) is 0 Å². The fraction of sp³-hybridized carbons (Fsp3) is 0.571. The van der Waals surface area contributed by atoms with Gasteiger partial charge in [0.1, 0.15) is 5.75 Å². The first kappa shape index (κ1) is 15.5. The highest BCUT2D eigenvalue weighted by molar-refractivity contribution is 9.10. The number of ether oxygens (including phenoxy) is 1. The van der Waals surface area contributed by atoms with Crippen molar-refractivity contribution in [1.82, 2.24) is 5.32 Å². The van der Waals surface area contributed by atoms with Crippen LogP contribution in [0.1, 0.15) is 31.2 Å². The lowest BCUT2D eigenvalue weighted by Crippen LogP contribution is -2.15. The first-order chi connectivity index (χ1) is 8.77. The molecule has 0 bridgehead atoms. The Morgan fingerprint density at radius 1 is 1.22 bits per heavy atom. The van der Waals surface area contributed by atoms with Gasteiger partial charge in [-0.1, -0.05) is 28.8 Å².